The molecule has 0 aromatic rings. The summed E-state index contributed by atoms with van der Waals surface area (Å²) in [5, 5.41) is 0. The molecule has 0 amide bonds. The summed E-state index contributed by atoms with van der Waals surface area (Å²) in [5.74, 6) is -0.252. The topological polar surface area (TPSA) is 55.7 Å². The number of rotatable bonds is 3. The molecule has 0 bridgehead atoms. The molecule has 0 heterocycles. The molecular weight excluding hydrogens is 214 g/mol. The van der Waals surface area contributed by atoms with Crippen LogP contribution in [-0.4, -0.2) is 25.2 Å². The van der Waals surface area contributed by atoms with E-state index in [-0.39, 0.29) is 19.4 Å². The van der Waals surface area contributed by atoms with E-state index in [1.807, 2.05) is 0 Å². The Morgan fingerprint density at radius 3 is 2.47 bits per heavy atom. The first-order valence-corrected chi connectivity index (χ1v) is 4.94. The second-order valence-electron chi connectivity index (χ2n) is 3.59. The van der Waals surface area contributed by atoms with Crippen molar-refractivity contribution in [2.45, 2.75) is 38.1 Å². The predicted octanol–water partition coefficient (Wildman–Crippen LogP) is 1.56. The zero-order chi connectivity index (χ0) is 10.4. The molecule has 1 aliphatic rings. The van der Waals surface area contributed by atoms with Crippen LogP contribution >= 0.6 is 13.5 Å². The molecule has 0 spiro atoms. The molecule has 0 radical (unpaired) electrons. The lowest BCUT2D eigenvalue weighted by Crippen LogP contribution is -2.30. The Kier molecular flexibility index (Phi) is 7.09. The summed E-state index contributed by atoms with van der Waals surface area (Å²) >= 11 is 0. The Balaban J connectivity index is 0.00000196. The number of aliphatic imine (C=N–C) groups is 1. The molecule has 4 nitrogen and oxygen atoms in total. The third kappa shape index (κ3) is 4.06. The highest BCUT2D eigenvalue weighted by Gasteiger charge is 2.29. The number of hydrogen-bond donors (Lipinski definition) is 0. The summed E-state index contributed by atoms with van der Waals surface area (Å²) in [6, 6.07) is -0.627. The molecule has 0 saturated heterocycles. The van der Waals surface area contributed by atoms with Crippen molar-refractivity contribution in [1.82, 2.24) is 0 Å². The highest BCUT2D eigenvalue weighted by molar-refractivity contribution is 7.59. The normalized spacial score (nSPS) is 18.2. The summed E-state index contributed by atoms with van der Waals surface area (Å²) in [6.07, 6.45) is 6.76. The number of isocyanates is 1. The Hall–Kier alpha value is -0.800. The second kappa shape index (κ2) is 7.49. The van der Waals surface area contributed by atoms with Crippen LogP contribution < -0.4 is 0 Å². The van der Waals surface area contributed by atoms with Crippen molar-refractivity contribution in [1.29, 1.82) is 0 Å². The fourth-order valence-corrected chi connectivity index (χ4v) is 1.98. The number of ether oxygens (including phenoxy) is 1. The second-order valence-corrected chi connectivity index (χ2v) is 3.59. The van der Waals surface area contributed by atoms with E-state index in [1.165, 1.54) is 19.6 Å². The molecule has 0 aromatic carbocycles. The molecule has 1 saturated carbocycles. The van der Waals surface area contributed by atoms with Crippen molar-refractivity contribution in [3.05, 3.63) is 0 Å². The van der Waals surface area contributed by atoms with Crippen molar-refractivity contribution in [3.8, 4) is 0 Å². The standard InChI is InChI=1S/C10H15NO3.H2S/c1-14-10(13)9(11-7-12)8-5-3-2-4-6-8;/h8-9H,2-6H2,1H3;1H2/t9-;/m0./s1. The Morgan fingerprint density at radius 1 is 1.40 bits per heavy atom. The smallest absolute Gasteiger partial charge is 0.331 e. The van der Waals surface area contributed by atoms with Gasteiger partial charge in [-0.1, -0.05) is 19.3 Å². The first-order valence-electron chi connectivity index (χ1n) is 4.94. The summed E-state index contributed by atoms with van der Waals surface area (Å²) in [5.41, 5.74) is 0. The Morgan fingerprint density at radius 2 is 2.00 bits per heavy atom. The molecule has 0 aliphatic heterocycles. The summed E-state index contributed by atoms with van der Waals surface area (Å²) in [7, 11) is 1.32. The van der Waals surface area contributed by atoms with Gasteiger partial charge in [0, 0.05) is 0 Å². The van der Waals surface area contributed by atoms with E-state index < -0.39 is 12.0 Å². The summed E-state index contributed by atoms with van der Waals surface area (Å²) in [6.45, 7) is 0. The quantitative estimate of drug-likeness (QED) is 0.421. The molecule has 0 aromatic heterocycles. The third-order valence-electron chi connectivity index (χ3n) is 2.73. The maximum absolute atomic E-state index is 11.3. The van der Waals surface area contributed by atoms with Crippen LogP contribution in [0.4, 0.5) is 0 Å². The van der Waals surface area contributed by atoms with Gasteiger partial charge in [-0.25, -0.2) is 9.59 Å². The molecule has 86 valence electrons. The fraction of sp³-hybridized carbons (Fsp3) is 0.800. The minimum absolute atomic E-state index is 0. The van der Waals surface area contributed by atoms with Gasteiger partial charge in [0.25, 0.3) is 0 Å². The molecular formula is C10H17NO3S. The van der Waals surface area contributed by atoms with Gasteiger partial charge in [-0.3, -0.25) is 0 Å². The lowest BCUT2D eigenvalue weighted by atomic mass is 9.84. The van der Waals surface area contributed by atoms with Gasteiger partial charge in [-0.2, -0.15) is 18.5 Å². The highest BCUT2D eigenvalue weighted by atomic mass is 32.1. The number of nitrogens with zero attached hydrogens (tertiary/aromatic N) is 1. The number of carbonyl (C=O) groups excluding carboxylic acids is 2. The van der Waals surface area contributed by atoms with Gasteiger partial charge in [-0.05, 0) is 18.8 Å². The van der Waals surface area contributed by atoms with E-state index in [9.17, 15) is 9.59 Å². The zero-order valence-corrected chi connectivity index (χ0v) is 9.86. The monoisotopic (exact) mass is 231 g/mol. The van der Waals surface area contributed by atoms with Crippen molar-refractivity contribution in [2.24, 2.45) is 10.9 Å². The predicted molar refractivity (Wildman–Crippen MR) is 60.9 cm³/mol. The number of carbonyl (C=O) groups is 1. The summed E-state index contributed by atoms with van der Waals surface area (Å²) < 4.78 is 4.61. The fourth-order valence-electron chi connectivity index (χ4n) is 1.98. The van der Waals surface area contributed by atoms with Gasteiger partial charge in [-0.15, -0.1) is 0 Å². The maximum Gasteiger partial charge on any atom is 0.331 e. The lowest BCUT2D eigenvalue weighted by Gasteiger charge is -2.24. The van der Waals surface area contributed by atoms with E-state index in [0.717, 1.165) is 25.7 Å². The van der Waals surface area contributed by atoms with Gasteiger partial charge in [0.05, 0.1) is 7.11 Å². The van der Waals surface area contributed by atoms with E-state index in [1.54, 1.807) is 0 Å². The average Bonchev–Trinajstić information content (AvgIpc) is 2.26. The molecule has 1 rings (SSSR count). The van der Waals surface area contributed by atoms with Crippen LogP contribution in [0.25, 0.3) is 0 Å². The van der Waals surface area contributed by atoms with Gasteiger partial charge >= 0.3 is 5.97 Å². The van der Waals surface area contributed by atoms with E-state index in [2.05, 4.69) is 9.73 Å². The summed E-state index contributed by atoms with van der Waals surface area (Å²) in [4.78, 5) is 25.0. The Labute approximate surface area is 96.5 Å². The highest BCUT2D eigenvalue weighted by Crippen LogP contribution is 2.28. The number of methoxy groups -OCH3 is 1. The SMILES string of the molecule is COC(=O)[C@@H](N=C=O)C1CCCCC1.S. The van der Waals surface area contributed by atoms with Crippen molar-refractivity contribution in [3.63, 3.8) is 0 Å². The first kappa shape index (κ1) is 14.2. The van der Waals surface area contributed by atoms with Crippen molar-refractivity contribution in [2.75, 3.05) is 7.11 Å². The molecule has 5 heteroatoms. The zero-order valence-electron chi connectivity index (χ0n) is 8.86. The van der Waals surface area contributed by atoms with Gasteiger partial charge in [0.15, 0.2) is 6.04 Å². The van der Waals surface area contributed by atoms with Gasteiger partial charge in [0.1, 0.15) is 0 Å². The minimum atomic E-state index is -0.627. The van der Waals surface area contributed by atoms with Crippen molar-refractivity contribution < 1.29 is 14.3 Å². The third-order valence-corrected chi connectivity index (χ3v) is 2.73. The van der Waals surface area contributed by atoms with Crippen LogP contribution in [-0.2, 0) is 14.3 Å². The maximum atomic E-state index is 11.3. The van der Waals surface area contributed by atoms with Crippen LogP contribution in [0.1, 0.15) is 32.1 Å². The molecule has 0 N–H and O–H groups in total. The molecule has 1 atom stereocenters. The van der Waals surface area contributed by atoms with Crippen LogP contribution in [0.2, 0.25) is 0 Å². The largest absolute Gasteiger partial charge is 0.467 e. The van der Waals surface area contributed by atoms with Crippen LogP contribution in [0.5, 0.6) is 0 Å². The minimum Gasteiger partial charge on any atom is -0.467 e. The van der Waals surface area contributed by atoms with Gasteiger partial charge < -0.3 is 4.74 Å². The average molecular weight is 231 g/mol. The lowest BCUT2D eigenvalue weighted by molar-refractivity contribution is -0.143. The van der Waals surface area contributed by atoms with Crippen LogP contribution in [0, 0.1) is 5.92 Å². The first-order chi connectivity index (χ1) is 6.79. The number of esters is 1. The van der Waals surface area contributed by atoms with Crippen LogP contribution in [0.15, 0.2) is 4.99 Å². The van der Waals surface area contributed by atoms with Gasteiger partial charge in [0.2, 0.25) is 6.08 Å². The molecule has 15 heavy (non-hydrogen) atoms. The Bertz CT molecular complexity index is 245. The molecule has 1 fully saturated rings. The molecule has 0 unspecified atom stereocenters. The van der Waals surface area contributed by atoms with Crippen LogP contribution in [0.3, 0.4) is 0 Å². The van der Waals surface area contributed by atoms with E-state index in [0.29, 0.717) is 0 Å². The molecule has 1 aliphatic carbocycles. The number of hydrogen-bond acceptors (Lipinski definition) is 4. The van der Waals surface area contributed by atoms with Crippen molar-refractivity contribution >= 4 is 25.5 Å². The van der Waals surface area contributed by atoms with E-state index in [4.69, 9.17) is 0 Å². The van der Waals surface area contributed by atoms with E-state index >= 15 is 0 Å².